The second-order valence-corrected chi connectivity index (χ2v) is 17.8. The van der Waals surface area contributed by atoms with Crippen LogP contribution in [0, 0.1) is 5.41 Å². The first-order valence-electron chi connectivity index (χ1n) is 24.1. The molecule has 1 heterocycles. The number of nitrogens with zero attached hydrogens (tertiary/aromatic N) is 1. The molecule has 1 aliphatic heterocycles. The van der Waals surface area contributed by atoms with Crippen molar-refractivity contribution in [2.24, 2.45) is 11.1 Å². The van der Waals surface area contributed by atoms with Crippen molar-refractivity contribution < 1.29 is 71.9 Å². The predicted molar refractivity (Wildman–Crippen MR) is 260 cm³/mol. The van der Waals surface area contributed by atoms with Crippen molar-refractivity contribution in [2.45, 2.75) is 116 Å². The van der Waals surface area contributed by atoms with E-state index in [1.54, 1.807) is 65.3 Å². The van der Waals surface area contributed by atoms with Crippen molar-refractivity contribution in [3.63, 3.8) is 0 Å². The fourth-order valence-corrected chi connectivity index (χ4v) is 7.24. The Bertz CT molecular complexity index is 2080. The standard InChI is InChI=1S/C50H74N6O15/c1-7-50(3,4)46(62)48(64)56-22-9-8-13-38(56)49(65)71-39(16-14-34-15-17-40(66-5)41(30-34)67-6)35-11-10-12-36(31-35)55-44(59)19-18-42(57)52-21-24-69-26-28-70-27-25-68-23-20-43(58)53-32-37(51)47(63)54-33(2)29-45(60)61/h10-12,15,17,30-31,33,37-39H,7-9,13-14,16,18-29,32,51H2,1-6H3,(H,52,57)(H,53,58)(H,54,63)(H,55,59)(H,60,61)/t33-,37+,38?,39?/m0/s1. The molecule has 0 aromatic heterocycles. The first-order chi connectivity index (χ1) is 33.9. The van der Waals surface area contributed by atoms with Gasteiger partial charge in [0, 0.05) is 56.0 Å². The molecule has 1 fully saturated rings. The molecule has 5 amide bonds. The summed E-state index contributed by atoms with van der Waals surface area (Å²) in [6.45, 7) is 8.55. The first kappa shape index (κ1) is 59.2. The molecular formula is C50H74N6O15. The number of Topliss-reactive ketones (excluding diaryl/α,β-unsaturated/α-hetero) is 1. The molecule has 2 aromatic carbocycles. The van der Waals surface area contributed by atoms with Crippen LogP contribution in [0.15, 0.2) is 42.5 Å². The van der Waals surface area contributed by atoms with Crippen LogP contribution in [0.2, 0.25) is 0 Å². The second-order valence-electron chi connectivity index (χ2n) is 17.8. The third-order valence-electron chi connectivity index (χ3n) is 11.8. The number of esters is 1. The van der Waals surface area contributed by atoms with E-state index in [4.69, 9.17) is 39.3 Å². The molecule has 71 heavy (non-hydrogen) atoms. The molecule has 2 aromatic rings. The van der Waals surface area contributed by atoms with Crippen LogP contribution in [-0.2, 0) is 63.7 Å². The number of ketones is 1. The van der Waals surface area contributed by atoms with Crippen LogP contribution in [0.4, 0.5) is 5.69 Å². The summed E-state index contributed by atoms with van der Waals surface area (Å²) in [4.78, 5) is 102. The van der Waals surface area contributed by atoms with Gasteiger partial charge in [0.15, 0.2) is 11.5 Å². The normalized spacial score (nSPS) is 14.8. The van der Waals surface area contributed by atoms with Gasteiger partial charge in [-0.25, -0.2) is 4.79 Å². The largest absolute Gasteiger partial charge is 0.493 e. The number of hydrogen-bond acceptors (Lipinski definition) is 15. The molecule has 0 saturated carbocycles. The van der Waals surface area contributed by atoms with E-state index in [0.717, 1.165) is 5.56 Å². The number of methoxy groups -OCH3 is 2. The highest BCUT2D eigenvalue weighted by atomic mass is 16.6. The highest BCUT2D eigenvalue weighted by Gasteiger charge is 2.41. The van der Waals surface area contributed by atoms with Gasteiger partial charge in [0.05, 0.1) is 60.3 Å². The molecule has 0 bridgehead atoms. The zero-order valence-electron chi connectivity index (χ0n) is 42.0. The lowest BCUT2D eigenvalue weighted by Gasteiger charge is -2.36. The summed E-state index contributed by atoms with van der Waals surface area (Å²) in [5, 5.41) is 19.3. The molecule has 21 nitrogen and oxygen atoms in total. The number of anilines is 1. The predicted octanol–water partition coefficient (Wildman–Crippen LogP) is 3.01. The number of aliphatic carboxylic acids is 1. The minimum atomic E-state index is -1.05. The Morgan fingerprint density at radius 3 is 2.15 bits per heavy atom. The van der Waals surface area contributed by atoms with E-state index < -0.39 is 65.1 Å². The lowest BCUT2D eigenvalue weighted by molar-refractivity contribution is -0.164. The van der Waals surface area contributed by atoms with E-state index in [0.29, 0.717) is 61.3 Å². The number of carbonyl (C=O) groups excluding carboxylic acids is 7. The summed E-state index contributed by atoms with van der Waals surface area (Å²) in [6.07, 6.45) is 1.79. The monoisotopic (exact) mass is 999 g/mol. The van der Waals surface area contributed by atoms with Crippen LogP contribution in [0.25, 0.3) is 0 Å². The van der Waals surface area contributed by atoms with Crippen molar-refractivity contribution in [1.29, 1.82) is 0 Å². The topological polar surface area (TPSA) is 290 Å². The highest BCUT2D eigenvalue weighted by molar-refractivity contribution is 6.38. The maximum absolute atomic E-state index is 14.0. The average Bonchev–Trinajstić information content (AvgIpc) is 3.35. The van der Waals surface area contributed by atoms with Crippen LogP contribution in [0.3, 0.4) is 0 Å². The zero-order chi connectivity index (χ0) is 52.3. The van der Waals surface area contributed by atoms with Gasteiger partial charge in [-0.05, 0) is 80.8 Å². The molecule has 1 aliphatic rings. The number of ether oxygens (including phenoxy) is 6. The van der Waals surface area contributed by atoms with Gasteiger partial charge in [0.2, 0.25) is 29.4 Å². The lowest BCUT2D eigenvalue weighted by atomic mass is 9.84. The number of rotatable bonds is 33. The van der Waals surface area contributed by atoms with Gasteiger partial charge in [-0.2, -0.15) is 0 Å². The highest BCUT2D eigenvalue weighted by Crippen LogP contribution is 2.32. The van der Waals surface area contributed by atoms with Crippen molar-refractivity contribution in [3.05, 3.63) is 53.6 Å². The van der Waals surface area contributed by atoms with Crippen molar-refractivity contribution in [1.82, 2.24) is 20.9 Å². The molecule has 0 radical (unpaired) electrons. The fourth-order valence-electron chi connectivity index (χ4n) is 7.24. The van der Waals surface area contributed by atoms with E-state index in [2.05, 4.69) is 21.3 Å². The quantitative estimate of drug-likeness (QED) is 0.0340. The van der Waals surface area contributed by atoms with Crippen LogP contribution < -0.4 is 36.5 Å². The number of nitrogens with one attached hydrogen (secondary N) is 4. The van der Waals surface area contributed by atoms with E-state index in [-0.39, 0.29) is 96.8 Å². The number of hydrogen-bond donors (Lipinski definition) is 6. The molecule has 0 aliphatic carbocycles. The average molecular weight is 999 g/mol. The summed E-state index contributed by atoms with van der Waals surface area (Å²) in [7, 11) is 3.09. The van der Waals surface area contributed by atoms with Gasteiger partial charge in [-0.1, -0.05) is 39.0 Å². The minimum Gasteiger partial charge on any atom is -0.493 e. The fraction of sp³-hybridized carbons (Fsp3) is 0.600. The Hall–Kier alpha value is -6.16. The van der Waals surface area contributed by atoms with E-state index in [9.17, 15) is 38.4 Å². The number of likely N-dealkylation sites (tertiary alicyclic amines) is 1. The summed E-state index contributed by atoms with van der Waals surface area (Å²) >= 11 is 0. The maximum atomic E-state index is 14.0. The Kier molecular flexibility index (Phi) is 26.0. The molecule has 3 rings (SSSR count). The van der Waals surface area contributed by atoms with Gasteiger partial charge in [-0.3, -0.25) is 33.6 Å². The maximum Gasteiger partial charge on any atom is 0.329 e. The molecule has 7 N–H and O–H groups in total. The van der Waals surface area contributed by atoms with Crippen LogP contribution in [-0.4, -0.2) is 149 Å². The van der Waals surface area contributed by atoms with Crippen LogP contribution in [0.1, 0.15) is 103 Å². The zero-order valence-corrected chi connectivity index (χ0v) is 42.0. The van der Waals surface area contributed by atoms with Gasteiger partial charge < -0.3 is 65.4 Å². The van der Waals surface area contributed by atoms with E-state index in [1.807, 2.05) is 19.1 Å². The lowest BCUT2D eigenvalue weighted by Crippen LogP contribution is -2.53. The number of aryl methyl sites for hydroxylation is 1. The number of amides is 5. The summed E-state index contributed by atoms with van der Waals surface area (Å²) in [5.41, 5.74) is 6.80. The smallest absolute Gasteiger partial charge is 0.329 e. The van der Waals surface area contributed by atoms with Crippen LogP contribution in [0.5, 0.6) is 11.5 Å². The molecule has 2 unspecified atom stereocenters. The molecule has 0 spiro atoms. The Labute approximate surface area is 415 Å². The Morgan fingerprint density at radius 2 is 1.48 bits per heavy atom. The number of carboxylic acid groups (broad SMARTS) is 1. The van der Waals surface area contributed by atoms with Gasteiger partial charge >= 0.3 is 11.9 Å². The number of carboxylic acids is 1. The number of carbonyl (C=O) groups is 8. The first-order valence-corrected chi connectivity index (χ1v) is 24.1. The molecule has 21 heteroatoms. The molecule has 1 saturated heterocycles. The number of benzene rings is 2. The van der Waals surface area contributed by atoms with Crippen LogP contribution >= 0.6 is 0 Å². The van der Waals surface area contributed by atoms with Gasteiger partial charge in [0.1, 0.15) is 18.2 Å². The van der Waals surface area contributed by atoms with E-state index >= 15 is 0 Å². The van der Waals surface area contributed by atoms with Crippen molar-refractivity contribution >= 4 is 52.9 Å². The third-order valence-corrected chi connectivity index (χ3v) is 11.8. The molecule has 394 valence electrons. The molecular weight excluding hydrogens is 925 g/mol. The minimum absolute atomic E-state index is 0.0403. The number of nitrogens with two attached hydrogens (primary N) is 1. The summed E-state index contributed by atoms with van der Waals surface area (Å²) in [5.74, 6) is -3.46. The van der Waals surface area contributed by atoms with Gasteiger partial charge in [0.25, 0.3) is 5.91 Å². The SMILES string of the molecule is CCC(C)(C)C(=O)C(=O)N1CCCCC1C(=O)OC(CCc1ccc(OC)c(OC)c1)c1cccc(NC(=O)CCC(=O)NCCOCCOCCOCCC(=O)NC[C@@H](N)C(=O)N[C@@H](C)CC(=O)O)c1. The van der Waals surface area contributed by atoms with Gasteiger partial charge in [-0.15, -0.1) is 0 Å². The Morgan fingerprint density at radius 1 is 0.817 bits per heavy atom. The number of piperidine rings is 1. The third kappa shape index (κ3) is 21.4. The Balaban J connectivity index is 1.41. The van der Waals surface area contributed by atoms with Crippen molar-refractivity contribution in [3.8, 4) is 11.5 Å². The van der Waals surface area contributed by atoms with E-state index in [1.165, 1.54) is 4.90 Å². The summed E-state index contributed by atoms with van der Waals surface area (Å²) in [6, 6.07) is 9.87. The second kappa shape index (κ2) is 31.2. The molecule has 4 atom stereocenters. The summed E-state index contributed by atoms with van der Waals surface area (Å²) < 4.78 is 33.4. The van der Waals surface area contributed by atoms with Crippen molar-refractivity contribution in [2.75, 3.05) is 78.8 Å².